The molecular weight excluding hydrogens is 508 g/mol. The predicted molar refractivity (Wildman–Crippen MR) is 151 cm³/mol. The molecule has 1 aliphatic rings. The highest BCUT2D eigenvalue weighted by molar-refractivity contribution is 5.97. The summed E-state index contributed by atoms with van der Waals surface area (Å²) < 4.78 is 7.44. The van der Waals surface area contributed by atoms with Crippen LogP contribution in [0, 0.1) is 6.92 Å². The number of aromatic nitrogens is 6. The quantitative estimate of drug-likeness (QED) is 0.317. The van der Waals surface area contributed by atoms with E-state index >= 15 is 0 Å². The van der Waals surface area contributed by atoms with Crippen LogP contribution in [0.4, 0.5) is 11.6 Å². The topological polar surface area (TPSA) is 144 Å². The highest BCUT2D eigenvalue weighted by Gasteiger charge is 2.25. The fourth-order valence-electron chi connectivity index (χ4n) is 4.92. The van der Waals surface area contributed by atoms with Gasteiger partial charge >= 0.3 is 0 Å². The Labute approximate surface area is 230 Å². The number of hydrogen-bond donors (Lipinski definition) is 2. The van der Waals surface area contributed by atoms with Crippen molar-refractivity contribution in [3.63, 3.8) is 0 Å². The first kappa shape index (κ1) is 25.4. The molecule has 1 atom stereocenters. The van der Waals surface area contributed by atoms with Crippen LogP contribution in [-0.4, -0.2) is 73.4 Å². The molecule has 204 valence electrons. The summed E-state index contributed by atoms with van der Waals surface area (Å²) in [7, 11) is 4.20. The number of anilines is 2. The highest BCUT2D eigenvalue weighted by atomic mass is 16.3. The van der Waals surface area contributed by atoms with Gasteiger partial charge in [0.2, 0.25) is 5.89 Å². The lowest BCUT2D eigenvalue weighted by atomic mass is 10.1. The minimum Gasteiger partial charge on any atom is -0.443 e. The Morgan fingerprint density at radius 3 is 2.80 bits per heavy atom. The first-order valence-electron chi connectivity index (χ1n) is 13.0. The van der Waals surface area contributed by atoms with Crippen molar-refractivity contribution in [1.82, 2.24) is 39.5 Å². The van der Waals surface area contributed by atoms with Gasteiger partial charge in [-0.25, -0.2) is 24.9 Å². The Bertz CT molecular complexity index is 1680. The summed E-state index contributed by atoms with van der Waals surface area (Å²) in [5, 5.41) is 2.90. The van der Waals surface area contributed by atoms with Crippen molar-refractivity contribution in [2.75, 3.05) is 37.8 Å². The number of fused-ring (bicyclic) bond motifs is 1. The molecule has 0 radical (unpaired) electrons. The maximum atomic E-state index is 13.3. The fraction of sp³-hybridized carbons (Fsp3) is 0.286. The lowest BCUT2D eigenvalue weighted by Crippen LogP contribution is -2.32. The molecule has 6 rings (SSSR count). The van der Waals surface area contributed by atoms with E-state index in [1.54, 1.807) is 6.20 Å². The van der Waals surface area contributed by atoms with Crippen molar-refractivity contribution < 1.29 is 9.21 Å². The van der Waals surface area contributed by atoms with E-state index in [0.29, 0.717) is 23.0 Å². The van der Waals surface area contributed by atoms with E-state index < -0.39 is 5.91 Å². The lowest BCUT2D eigenvalue weighted by molar-refractivity contribution is 0.0946. The fourth-order valence-corrected chi connectivity index (χ4v) is 4.92. The van der Waals surface area contributed by atoms with Crippen LogP contribution in [-0.2, 0) is 6.54 Å². The molecule has 1 aliphatic heterocycles. The molecule has 6 heterocycles. The molecule has 1 amide bonds. The maximum absolute atomic E-state index is 13.3. The molecule has 1 unspecified atom stereocenters. The van der Waals surface area contributed by atoms with Gasteiger partial charge in [-0.3, -0.25) is 4.79 Å². The Kier molecular flexibility index (Phi) is 6.60. The van der Waals surface area contributed by atoms with E-state index in [-0.39, 0.29) is 23.9 Å². The highest BCUT2D eigenvalue weighted by Crippen LogP contribution is 2.30. The minimum absolute atomic E-state index is 0.0114. The number of carbonyl (C=O) groups is 1. The molecule has 1 saturated heterocycles. The standard InChI is InChI=1S/C28H30N10O2/c1-17-13-31-21-8-7-18(15-38(17)21)23-24(28-30-10-12-40-28)35-26(29)25(34-23)27(39)32-14-19-5-4-6-22(33-19)37-11-9-20(16-37)36(2)3/h4-8,10,12-13,15,20H,9,11,14,16H2,1-3H3,(H2,29,35)(H,32,39). The third-order valence-corrected chi connectivity index (χ3v) is 7.18. The second kappa shape index (κ2) is 10.4. The van der Waals surface area contributed by atoms with Gasteiger partial charge in [0.25, 0.3) is 5.91 Å². The molecule has 0 spiro atoms. The largest absolute Gasteiger partial charge is 0.443 e. The minimum atomic E-state index is -0.453. The van der Waals surface area contributed by atoms with Crippen molar-refractivity contribution in [1.29, 1.82) is 0 Å². The van der Waals surface area contributed by atoms with Crippen LogP contribution >= 0.6 is 0 Å². The van der Waals surface area contributed by atoms with E-state index in [9.17, 15) is 4.79 Å². The number of nitrogens with two attached hydrogens (primary N) is 1. The Hall–Kier alpha value is -4.84. The van der Waals surface area contributed by atoms with Crippen molar-refractivity contribution in [2.45, 2.75) is 25.9 Å². The van der Waals surface area contributed by atoms with Crippen molar-refractivity contribution in [3.05, 3.63) is 72.3 Å². The lowest BCUT2D eigenvalue weighted by Gasteiger charge is -2.21. The first-order valence-corrected chi connectivity index (χ1v) is 13.0. The number of rotatable bonds is 7. The van der Waals surface area contributed by atoms with Crippen LogP contribution in [0.1, 0.15) is 28.3 Å². The molecule has 5 aromatic heterocycles. The number of hydrogen-bond acceptors (Lipinski definition) is 10. The average molecular weight is 539 g/mol. The smallest absolute Gasteiger partial charge is 0.274 e. The number of carbonyl (C=O) groups excluding carboxylic acids is 1. The molecule has 5 aromatic rings. The second-order valence-electron chi connectivity index (χ2n) is 10.1. The third-order valence-electron chi connectivity index (χ3n) is 7.18. The van der Waals surface area contributed by atoms with Crippen LogP contribution in [0.3, 0.4) is 0 Å². The Morgan fingerprint density at radius 2 is 2.02 bits per heavy atom. The molecule has 0 aromatic carbocycles. The Morgan fingerprint density at radius 1 is 1.15 bits per heavy atom. The van der Waals surface area contributed by atoms with Crippen LogP contribution in [0.25, 0.3) is 28.5 Å². The van der Waals surface area contributed by atoms with Crippen LogP contribution in [0.15, 0.2) is 59.6 Å². The molecule has 12 nitrogen and oxygen atoms in total. The van der Waals surface area contributed by atoms with E-state index in [4.69, 9.17) is 15.1 Å². The first-order chi connectivity index (χ1) is 19.4. The zero-order valence-corrected chi connectivity index (χ0v) is 22.6. The number of nitrogens with one attached hydrogen (secondary N) is 1. The van der Waals surface area contributed by atoms with Gasteiger partial charge < -0.3 is 29.7 Å². The van der Waals surface area contributed by atoms with Crippen LogP contribution < -0.4 is 16.0 Å². The SMILES string of the molecule is Cc1cnc2ccc(-c3nc(C(=O)NCc4cccc(N5CCC(N(C)C)C5)n4)c(N)nc3-c3ncco3)cn12. The normalized spacial score (nSPS) is 15.3. The summed E-state index contributed by atoms with van der Waals surface area (Å²) in [5.41, 5.74) is 10.2. The monoisotopic (exact) mass is 538 g/mol. The van der Waals surface area contributed by atoms with E-state index in [1.165, 1.54) is 12.5 Å². The van der Waals surface area contributed by atoms with E-state index in [0.717, 1.165) is 42.4 Å². The van der Waals surface area contributed by atoms with E-state index in [1.807, 2.05) is 47.9 Å². The molecule has 12 heteroatoms. The number of nitrogens with zero attached hydrogens (tertiary/aromatic N) is 8. The van der Waals surface area contributed by atoms with Crippen LogP contribution in [0.2, 0.25) is 0 Å². The van der Waals surface area contributed by atoms with Gasteiger partial charge in [-0.05, 0) is 51.7 Å². The van der Waals surface area contributed by atoms with Crippen molar-refractivity contribution >= 4 is 23.2 Å². The number of imidazole rings is 1. The van der Waals surface area contributed by atoms with Crippen LogP contribution in [0.5, 0.6) is 0 Å². The molecule has 40 heavy (non-hydrogen) atoms. The van der Waals surface area contributed by atoms with Gasteiger partial charge in [-0.15, -0.1) is 0 Å². The number of nitrogen functional groups attached to an aromatic ring is 1. The predicted octanol–water partition coefficient (Wildman–Crippen LogP) is 2.80. The van der Waals surface area contributed by atoms with Crippen molar-refractivity contribution in [3.8, 4) is 22.8 Å². The van der Waals surface area contributed by atoms with Gasteiger partial charge in [0.05, 0.1) is 18.4 Å². The maximum Gasteiger partial charge on any atom is 0.274 e. The molecule has 0 saturated carbocycles. The van der Waals surface area contributed by atoms with Gasteiger partial charge in [0.1, 0.15) is 23.4 Å². The number of oxazole rings is 1. The summed E-state index contributed by atoms with van der Waals surface area (Å²) in [5.74, 6) is 0.676. The molecule has 0 bridgehead atoms. The summed E-state index contributed by atoms with van der Waals surface area (Å²) in [6.07, 6.45) is 7.73. The van der Waals surface area contributed by atoms with Gasteiger partial charge in [0.15, 0.2) is 17.2 Å². The summed E-state index contributed by atoms with van der Waals surface area (Å²) in [6, 6.07) is 10.1. The van der Waals surface area contributed by atoms with Gasteiger partial charge in [-0.2, -0.15) is 0 Å². The third kappa shape index (κ3) is 4.84. The molecular formula is C28H30N10O2. The van der Waals surface area contributed by atoms with Gasteiger partial charge in [-0.1, -0.05) is 6.07 Å². The number of pyridine rings is 2. The Balaban J connectivity index is 1.27. The number of likely N-dealkylation sites (N-methyl/N-ethyl adjacent to an activating group) is 1. The van der Waals surface area contributed by atoms with Crippen molar-refractivity contribution in [2.24, 2.45) is 0 Å². The summed E-state index contributed by atoms with van der Waals surface area (Å²) >= 11 is 0. The second-order valence-corrected chi connectivity index (χ2v) is 10.1. The zero-order chi connectivity index (χ0) is 27.8. The number of amides is 1. The summed E-state index contributed by atoms with van der Waals surface area (Å²) in [4.78, 5) is 40.4. The number of aryl methyl sites for hydroxylation is 1. The molecule has 0 aliphatic carbocycles. The van der Waals surface area contributed by atoms with E-state index in [2.05, 4.69) is 49.1 Å². The molecule has 3 N–H and O–H groups in total. The zero-order valence-electron chi connectivity index (χ0n) is 22.6. The van der Waals surface area contributed by atoms with Gasteiger partial charge in [0, 0.05) is 42.8 Å². The molecule has 1 fully saturated rings. The average Bonchev–Trinajstić information content (AvgIpc) is 3.74. The summed E-state index contributed by atoms with van der Waals surface area (Å²) in [6.45, 7) is 4.04.